The molecular formula is C35H36Br2ClF2N11O10S2. The number of hydroxylamine groups is 2. The Kier molecular flexibility index (Phi) is 21.3. The van der Waals surface area contributed by atoms with Gasteiger partial charge in [0, 0.05) is 31.6 Å². The summed E-state index contributed by atoms with van der Waals surface area (Å²) < 4.78 is 46.2. The highest BCUT2D eigenvalue weighted by Crippen LogP contribution is 2.26. The Hall–Kier alpha value is -5.29. The monoisotopic (exact) mass is 1070 g/mol. The van der Waals surface area contributed by atoms with Crippen LogP contribution in [0.15, 0.2) is 93.8 Å². The molecule has 0 amide bonds. The zero-order valence-corrected chi connectivity index (χ0v) is 38.5. The van der Waals surface area contributed by atoms with Gasteiger partial charge in [0.25, 0.3) is 21.7 Å². The van der Waals surface area contributed by atoms with Crippen molar-refractivity contribution < 1.29 is 37.9 Å². The van der Waals surface area contributed by atoms with E-state index in [1.165, 1.54) is 59.9 Å². The maximum absolute atomic E-state index is 13.4. The molecule has 0 spiro atoms. The number of amidine groups is 2. The first kappa shape index (κ1) is 52.1. The number of nitrogens with zero attached hydrogens (tertiary/aromatic N) is 6. The summed E-state index contributed by atoms with van der Waals surface area (Å²) in [6.07, 6.45) is 0. The first-order chi connectivity index (χ1) is 29.8. The highest BCUT2D eigenvalue weighted by molar-refractivity contribution is 9.10. The third-order valence-corrected chi connectivity index (χ3v) is 10.6. The number of anilines is 2. The van der Waals surface area contributed by atoms with E-state index in [0.29, 0.717) is 59.2 Å². The summed E-state index contributed by atoms with van der Waals surface area (Å²) >= 11 is 8.68. The van der Waals surface area contributed by atoms with E-state index in [0.717, 1.165) is 0 Å². The van der Waals surface area contributed by atoms with Gasteiger partial charge in [-0.25, -0.2) is 28.0 Å². The predicted octanol–water partition coefficient (Wildman–Crippen LogP) is 4.45. The van der Waals surface area contributed by atoms with E-state index < -0.39 is 33.3 Å². The lowest BCUT2D eigenvalue weighted by Gasteiger charge is -2.11. The van der Waals surface area contributed by atoms with Gasteiger partial charge in [-0.15, -0.1) is 12.4 Å². The Balaban J connectivity index is 0.000000272. The molecule has 2 heterocycles. The van der Waals surface area contributed by atoms with Gasteiger partial charge in [0.05, 0.1) is 33.5 Å². The Morgan fingerprint density at radius 3 is 1.59 bits per heavy atom. The predicted molar refractivity (Wildman–Crippen MR) is 240 cm³/mol. The molecule has 0 unspecified atom stereocenters. The summed E-state index contributed by atoms with van der Waals surface area (Å²) in [4.78, 5) is 52.8. The van der Waals surface area contributed by atoms with Crippen LogP contribution in [0, 0.1) is 11.6 Å². The van der Waals surface area contributed by atoms with Crippen LogP contribution in [0.2, 0.25) is 0 Å². The number of halogens is 5. The fourth-order valence-electron chi connectivity index (χ4n) is 4.65. The van der Waals surface area contributed by atoms with Crippen LogP contribution in [-0.4, -0.2) is 87.6 Å². The Bertz CT molecular complexity index is 2620. The van der Waals surface area contributed by atoms with Gasteiger partial charge in [0.15, 0.2) is 33.1 Å². The molecule has 63 heavy (non-hydrogen) atoms. The molecule has 2 aromatic heterocycles. The molecule has 6 rings (SSSR count). The number of rotatable bonds is 17. The molecule has 0 saturated heterocycles. The molecular weight excluding hydrogens is 1030 g/mol. The van der Waals surface area contributed by atoms with Crippen LogP contribution < -0.4 is 58.5 Å². The van der Waals surface area contributed by atoms with Crippen LogP contribution in [0.3, 0.4) is 0 Å². The summed E-state index contributed by atoms with van der Waals surface area (Å²) in [5, 5.41) is 39.9. The molecule has 0 aliphatic rings. The fraction of sp³-hybridized carbons (Fsp3) is 0.257. The van der Waals surface area contributed by atoms with Crippen molar-refractivity contribution in [3.05, 3.63) is 109 Å². The summed E-state index contributed by atoms with van der Waals surface area (Å²) in [7, 11) is 1.56. The summed E-state index contributed by atoms with van der Waals surface area (Å²) in [5.74, 6) is 0.349. The SMILES string of the molecule is CCOc1c(OCC)c(=O)c1=O.CNc1c(NCCSc2nonc2C(=Nc2ccc(F)c(Br)c2)NO)c(=O)c1=O.Cl.NCCSc1nonc1C(=Nc1ccc(F)c(Br)c1)NO. The van der Waals surface area contributed by atoms with Crippen LogP contribution in [0.25, 0.3) is 0 Å². The molecule has 0 aliphatic carbocycles. The minimum Gasteiger partial charge on any atom is -0.486 e. The molecule has 0 saturated carbocycles. The number of nitrogens with one attached hydrogen (secondary N) is 4. The van der Waals surface area contributed by atoms with E-state index >= 15 is 0 Å². The average molecular weight is 1070 g/mol. The Morgan fingerprint density at radius 1 is 0.746 bits per heavy atom. The van der Waals surface area contributed by atoms with E-state index in [4.69, 9.17) is 19.8 Å². The van der Waals surface area contributed by atoms with Crippen LogP contribution in [-0.2, 0) is 0 Å². The maximum atomic E-state index is 13.4. The van der Waals surface area contributed by atoms with E-state index in [9.17, 15) is 38.4 Å². The van der Waals surface area contributed by atoms with Gasteiger partial charge in [0.1, 0.15) is 23.0 Å². The number of nitrogens with two attached hydrogens (primary N) is 1. The minimum absolute atomic E-state index is 0. The van der Waals surface area contributed by atoms with Crippen molar-refractivity contribution in [3.8, 4) is 11.5 Å². The normalized spacial score (nSPS) is 11.2. The quantitative estimate of drug-likeness (QED) is 0.0166. The van der Waals surface area contributed by atoms with Gasteiger partial charge in [0.2, 0.25) is 11.5 Å². The molecule has 0 atom stereocenters. The van der Waals surface area contributed by atoms with E-state index in [-0.39, 0.29) is 67.3 Å². The standard InChI is InChI=1S/C16H14BrFN6O4S.C11H11BrFN5O2S.C8H10O4.ClH/c1-19-10-11(14(26)13(10)25)20-4-5-29-16-12(23-28-24-16)15(22-27)21-7-2-3-9(18)8(17)6-7;12-7-5-6(1-2-8(7)13)15-10(16-19)9-11(18-20-17-9)21-4-3-14;1-3-11-7-5(9)6(10)8(7)12-4-2;/h2-3,6,19-20,27H,4-5H2,1H3,(H,21,22);1-2,5,19H,3-4,14H2,(H,15,16);3-4H2,1-2H3;1H. The topological polar surface area (TPSA) is 304 Å². The van der Waals surface area contributed by atoms with Crippen molar-refractivity contribution in [3.63, 3.8) is 0 Å². The second kappa shape index (κ2) is 25.7. The number of benzene rings is 2. The highest BCUT2D eigenvalue weighted by atomic mass is 79.9. The van der Waals surface area contributed by atoms with Crippen molar-refractivity contribution in [2.45, 2.75) is 23.9 Å². The van der Waals surface area contributed by atoms with Gasteiger partial charge in [-0.2, -0.15) is 0 Å². The molecule has 4 aromatic carbocycles. The van der Waals surface area contributed by atoms with Crippen molar-refractivity contribution in [2.75, 3.05) is 55.5 Å². The van der Waals surface area contributed by atoms with Crippen molar-refractivity contribution in [1.82, 2.24) is 31.6 Å². The van der Waals surface area contributed by atoms with Crippen LogP contribution in [0.4, 0.5) is 31.5 Å². The smallest absolute Gasteiger partial charge is 0.275 e. The van der Waals surface area contributed by atoms with Gasteiger partial charge in [-0.1, -0.05) is 23.5 Å². The Morgan fingerprint density at radius 2 is 1.19 bits per heavy atom. The van der Waals surface area contributed by atoms with E-state index in [1.807, 2.05) is 11.0 Å². The third kappa shape index (κ3) is 13.6. The summed E-state index contributed by atoms with van der Waals surface area (Å²) in [5.41, 5.74) is 8.69. The molecule has 0 aliphatic heterocycles. The number of ether oxygens (including phenoxy) is 2. The molecule has 0 radical (unpaired) electrons. The zero-order chi connectivity index (χ0) is 45.3. The molecule has 0 fully saturated rings. The number of aromatic nitrogens is 4. The van der Waals surface area contributed by atoms with Crippen molar-refractivity contribution >= 4 is 102 Å². The summed E-state index contributed by atoms with van der Waals surface area (Å²) in [6, 6.07) is 8.25. The molecule has 0 bridgehead atoms. The number of hydrogen-bond donors (Lipinski definition) is 7. The lowest BCUT2D eigenvalue weighted by molar-refractivity contribution is 0.233. The number of aliphatic imine (C=N–C) groups is 2. The molecule has 8 N–H and O–H groups in total. The molecule has 28 heteroatoms. The second-order valence-electron chi connectivity index (χ2n) is 11.4. The number of thioether (sulfide) groups is 2. The van der Waals surface area contributed by atoms with E-state index in [1.54, 1.807) is 20.9 Å². The second-order valence-corrected chi connectivity index (χ2v) is 15.3. The zero-order valence-electron chi connectivity index (χ0n) is 32.9. The van der Waals surface area contributed by atoms with Crippen LogP contribution >= 0.6 is 67.8 Å². The van der Waals surface area contributed by atoms with E-state index in [2.05, 4.69) is 77.7 Å². The maximum Gasteiger partial charge on any atom is 0.275 e. The minimum atomic E-state index is -0.583. The first-order valence-corrected chi connectivity index (χ1v) is 21.2. The van der Waals surface area contributed by atoms with Gasteiger partial charge < -0.3 is 25.8 Å². The van der Waals surface area contributed by atoms with Gasteiger partial charge in [-0.3, -0.25) is 40.6 Å². The summed E-state index contributed by atoms with van der Waals surface area (Å²) in [6.45, 7) is 5.04. The Labute approximate surface area is 385 Å². The third-order valence-electron chi connectivity index (χ3n) is 7.43. The van der Waals surface area contributed by atoms with Gasteiger partial charge >= 0.3 is 0 Å². The fourth-order valence-corrected chi connectivity index (χ4v) is 6.80. The lowest BCUT2D eigenvalue weighted by atomic mass is 10.2. The first-order valence-electron chi connectivity index (χ1n) is 17.7. The van der Waals surface area contributed by atoms with Crippen molar-refractivity contribution in [1.29, 1.82) is 0 Å². The molecule has 338 valence electrons. The van der Waals surface area contributed by atoms with Crippen LogP contribution in [0.1, 0.15) is 25.2 Å². The molecule has 21 nitrogen and oxygen atoms in total. The average Bonchev–Trinajstić information content (AvgIpc) is 3.96. The molecule has 6 aromatic rings. The number of hydrogen-bond acceptors (Lipinski definition) is 21. The highest BCUT2D eigenvalue weighted by Gasteiger charge is 2.24. The van der Waals surface area contributed by atoms with Crippen LogP contribution in [0.5, 0.6) is 11.5 Å². The largest absolute Gasteiger partial charge is 0.486 e. The van der Waals surface area contributed by atoms with Crippen molar-refractivity contribution in [2.24, 2.45) is 15.7 Å². The van der Waals surface area contributed by atoms with Gasteiger partial charge in [-0.05, 0) is 103 Å². The lowest BCUT2D eigenvalue weighted by Crippen LogP contribution is -2.37.